The smallest absolute Gasteiger partial charge is 0.338 e. The number of allylic oxidation sites excluding steroid dienone is 11. The molecule has 4 aromatic rings. The molecule has 0 saturated heterocycles. The summed E-state index contributed by atoms with van der Waals surface area (Å²) in [6.45, 7) is -0.361. The Morgan fingerprint density at radius 3 is 1.52 bits per heavy atom. The molecule has 23 nitrogen and oxygen atoms in total. The summed E-state index contributed by atoms with van der Waals surface area (Å²) in [5, 5.41) is 41.0. The first-order valence-corrected chi connectivity index (χ1v) is 27.3. The number of aliphatic hydroxyl groups is 2. The predicted octanol–water partition coefficient (Wildman–Crippen LogP) is 3.37. The zero-order valence-corrected chi connectivity index (χ0v) is 47.7. The lowest BCUT2D eigenvalue weighted by molar-refractivity contribution is -0.671. The van der Waals surface area contributed by atoms with Gasteiger partial charge in [-0.15, -0.1) is 0 Å². The standard InChI is InChI=1S/C62H65N15O8/c1-75-26-18-37(19-27-75)55-43-10-12-45(69-43)56(38-20-28-76(2)29-21-38)47-14-16-49(71-47)58(50-17-15-48(72-50)57(46-13-11-44(55)70-46)39-22-30-77(3)31-23-39)40-32-41(84-35-53(78)73-51(59(80)82-4)8-6-24-67-61(63)64)34-42(33-40)85-36-54(79)74-52(60(81)83-5)9-7-25-68-62(65)66/h10-23,26-34,51-52H,6-9,24-25,35-36H2,1-5H3,(H9-2,63,64,65,66,67,68,69,70,71,72,73,74,78,79)/p+3. The fourth-order valence-electron chi connectivity index (χ4n) is 9.75. The second-order valence-corrected chi connectivity index (χ2v) is 20.1. The molecule has 2 atom stereocenters. The van der Waals surface area contributed by atoms with Gasteiger partial charge < -0.3 is 50.1 Å². The van der Waals surface area contributed by atoms with E-state index in [0.29, 0.717) is 59.1 Å². The average molecular weight is 1150 g/mol. The summed E-state index contributed by atoms with van der Waals surface area (Å²) in [5.41, 5.74) is 22.6. The second kappa shape index (κ2) is 26.9. The highest BCUT2D eigenvalue weighted by Gasteiger charge is 2.29. The number of esters is 2. The van der Waals surface area contributed by atoms with Gasteiger partial charge in [-0.05, 0) is 121 Å². The van der Waals surface area contributed by atoms with Gasteiger partial charge in [-0.25, -0.2) is 43.7 Å². The maximum Gasteiger partial charge on any atom is 0.338 e. The SMILES string of the molecule is COC(=O)C(CCCNC(=N)N)N=C(O)COc1cc(OCC(O)=NC(CCCNC(N)=[NH2+])C(=O)OC)cc(C2=C3C=CC(=N3)C(=C3C=CN(C)C=C3)C3=NC(=C(c4cc[n+](C)cc4)c4ccc([nH]4)C(c4cc[n+](C)cc4)=C4C=CC2=N4)C=C3)c1. The Labute approximate surface area is 491 Å². The third-order valence-electron chi connectivity index (χ3n) is 13.9. The summed E-state index contributed by atoms with van der Waals surface area (Å²) < 4.78 is 26.5. The van der Waals surface area contributed by atoms with Gasteiger partial charge in [-0.3, -0.25) is 21.9 Å². The van der Waals surface area contributed by atoms with Gasteiger partial charge in [0.2, 0.25) is 11.8 Å². The minimum atomic E-state index is -1.10. The zero-order chi connectivity index (χ0) is 60.1. The molecule has 5 aliphatic heterocycles. The number of fused-ring (bicyclic) bond motifs is 5. The number of hydrogen-bond acceptors (Lipinski definition) is 13. The van der Waals surface area contributed by atoms with E-state index in [4.69, 9.17) is 56.2 Å². The van der Waals surface area contributed by atoms with Gasteiger partial charge in [0.05, 0.1) is 55.0 Å². The van der Waals surface area contributed by atoms with Crippen molar-refractivity contribution in [2.24, 2.45) is 50.5 Å². The molecule has 3 aromatic heterocycles. The maximum atomic E-state index is 12.9. The zero-order valence-electron chi connectivity index (χ0n) is 47.7. The molecule has 8 bridgehead atoms. The lowest BCUT2D eigenvalue weighted by atomic mass is 9.97. The second-order valence-electron chi connectivity index (χ2n) is 20.1. The van der Waals surface area contributed by atoms with Crippen molar-refractivity contribution in [1.29, 1.82) is 5.41 Å². The molecule has 0 amide bonds. The van der Waals surface area contributed by atoms with Crippen LogP contribution in [0.1, 0.15) is 53.8 Å². The number of carbonyl (C=O) groups excluding carboxylic acids is 2. The lowest BCUT2D eigenvalue weighted by Gasteiger charge is -2.16. The number of pyridine rings is 2. The van der Waals surface area contributed by atoms with Gasteiger partial charge in [-0.1, -0.05) is 0 Å². The van der Waals surface area contributed by atoms with E-state index in [1.807, 2.05) is 133 Å². The molecule has 0 spiro atoms. The van der Waals surface area contributed by atoms with E-state index in [1.54, 1.807) is 18.2 Å². The number of aryl methyl sites for hydroxylation is 2. The summed E-state index contributed by atoms with van der Waals surface area (Å²) in [5.74, 6) is -2.23. The van der Waals surface area contributed by atoms with E-state index < -0.39 is 49.0 Å². The average Bonchev–Trinajstić information content (AvgIpc) is 2.28. The van der Waals surface area contributed by atoms with Crippen LogP contribution in [-0.2, 0) is 33.2 Å². The normalized spacial score (nSPS) is 16.2. The summed E-state index contributed by atoms with van der Waals surface area (Å²) in [6, 6.07) is 15.2. The van der Waals surface area contributed by atoms with E-state index in [-0.39, 0.29) is 42.8 Å². The number of rotatable bonds is 21. The van der Waals surface area contributed by atoms with E-state index in [9.17, 15) is 19.8 Å². The van der Waals surface area contributed by atoms with Gasteiger partial charge >= 0.3 is 17.9 Å². The number of aliphatic imine (C=N–C) groups is 5. The number of nitrogens with one attached hydrogen (secondary N) is 4. The van der Waals surface area contributed by atoms with Crippen molar-refractivity contribution >= 4 is 69.5 Å². The number of guanidine groups is 2. The third kappa shape index (κ3) is 14.7. The number of aromatic nitrogens is 3. The van der Waals surface area contributed by atoms with Crippen LogP contribution in [0.3, 0.4) is 0 Å². The molecule has 85 heavy (non-hydrogen) atoms. The molecule has 23 heteroatoms. The van der Waals surface area contributed by atoms with Crippen molar-refractivity contribution in [1.82, 2.24) is 20.5 Å². The minimum Gasteiger partial charge on any atom is -0.494 e. The van der Waals surface area contributed by atoms with Gasteiger partial charge in [-0.2, -0.15) is 0 Å². The largest absolute Gasteiger partial charge is 0.494 e. The number of benzene rings is 1. The predicted molar refractivity (Wildman–Crippen MR) is 324 cm³/mol. The van der Waals surface area contributed by atoms with E-state index >= 15 is 0 Å². The van der Waals surface area contributed by atoms with Crippen molar-refractivity contribution < 1.29 is 53.3 Å². The summed E-state index contributed by atoms with van der Waals surface area (Å²) in [4.78, 5) is 56.2. The molecule has 5 aliphatic rings. The molecule has 0 saturated carbocycles. The number of nitrogens with two attached hydrogens (primary N) is 3. The Morgan fingerprint density at radius 2 is 1.08 bits per heavy atom. The van der Waals surface area contributed by atoms with Gasteiger partial charge in [0, 0.05) is 90.0 Å². The van der Waals surface area contributed by atoms with E-state index in [2.05, 4.69) is 49.9 Å². The quantitative estimate of drug-likeness (QED) is 0.0190. The fourth-order valence-corrected chi connectivity index (χ4v) is 9.75. The highest BCUT2D eigenvalue weighted by Crippen LogP contribution is 2.39. The first kappa shape index (κ1) is 58.9. The van der Waals surface area contributed by atoms with Crippen LogP contribution in [-0.4, -0.2) is 133 Å². The Balaban J connectivity index is 1.21. The van der Waals surface area contributed by atoms with E-state index in [1.165, 1.54) is 14.2 Å². The number of aromatic amines is 1. The van der Waals surface area contributed by atoms with Crippen LogP contribution in [0.15, 0.2) is 194 Å². The molecule has 2 unspecified atom stereocenters. The number of hydrogen-bond donors (Lipinski definition) is 9. The monoisotopic (exact) mass is 1150 g/mol. The van der Waals surface area contributed by atoms with Crippen LogP contribution in [0, 0.1) is 5.41 Å². The molecule has 436 valence electrons. The first-order valence-electron chi connectivity index (χ1n) is 27.3. The maximum absolute atomic E-state index is 12.9. The third-order valence-corrected chi connectivity index (χ3v) is 13.9. The molecule has 0 aliphatic carbocycles. The fraction of sp³-hybridized carbons (Fsp3) is 0.242. The van der Waals surface area contributed by atoms with Crippen LogP contribution in [0.25, 0.3) is 16.7 Å². The molecule has 0 radical (unpaired) electrons. The topological polar surface area (TPSA) is 326 Å². The molecule has 9 rings (SSSR count). The van der Waals surface area contributed by atoms with Gasteiger partial charge in [0.25, 0.3) is 0 Å². The molecule has 0 fully saturated rings. The number of methoxy groups -OCH3 is 2. The van der Waals surface area contributed by atoms with Crippen LogP contribution in [0.2, 0.25) is 0 Å². The van der Waals surface area contributed by atoms with Crippen molar-refractivity contribution in [2.45, 2.75) is 37.8 Å². The van der Waals surface area contributed by atoms with Crippen LogP contribution >= 0.6 is 0 Å². The van der Waals surface area contributed by atoms with Crippen LogP contribution < -0.4 is 46.1 Å². The van der Waals surface area contributed by atoms with E-state index in [0.717, 1.165) is 50.5 Å². The summed E-state index contributed by atoms with van der Waals surface area (Å²) >= 11 is 0. The van der Waals surface area contributed by atoms with Crippen LogP contribution in [0.5, 0.6) is 11.5 Å². The first-order chi connectivity index (χ1) is 41.0. The molecule has 8 heterocycles. The Morgan fingerprint density at radius 1 is 0.647 bits per heavy atom. The Hall–Kier alpha value is -10.7. The van der Waals surface area contributed by atoms with Crippen molar-refractivity contribution in [3.05, 3.63) is 197 Å². The molecular formula is C62H68N15O8+3. The number of H-pyrrole nitrogens is 1. The number of ether oxygens (including phenoxy) is 4. The highest BCUT2D eigenvalue weighted by molar-refractivity contribution is 6.36. The number of nitrogens with zero attached hydrogens (tertiary/aromatic N) is 8. The lowest BCUT2D eigenvalue weighted by Crippen LogP contribution is -2.54. The summed E-state index contributed by atoms with van der Waals surface area (Å²) in [6.07, 6.45) is 28.9. The van der Waals surface area contributed by atoms with Gasteiger partial charge in [0.15, 0.2) is 56.0 Å². The summed E-state index contributed by atoms with van der Waals surface area (Å²) in [7, 11) is 8.34. The van der Waals surface area contributed by atoms with Crippen molar-refractivity contribution in [3.8, 4) is 11.5 Å². The van der Waals surface area contributed by atoms with Crippen molar-refractivity contribution in [3.63, 3.8) is 0 Å². The molecule has 12 N–H and O–H groups in total. The number of aliphatic hydroxyl groups excluding tert-OH is 2. The number of carbonyl (C=O) groups is 2. The molecular weight excluding hydrogens is 1080 g/mol. The van der Waals surface area contributed by atoms with Crippen LogP contribution in [0.4, 0.5) is 0 Å². The highest BCUT2D eigenvalue weighted by atomic mass is 16.5. The van der Waals surface area contributed by atoms with Crippen molar-refractivity contribution in [2.75, 3.05) is 47.6 Å². The Bertz CT molecular complexity index is 3660. The molecule has 1 aromatic carbocycles. The minimum absolute atomic E-state index is 0.0249. The van der Waals surface area contributed by atoms with Gasteiger partial charge in [0.1, 0.15) is 25.6 Å². The Kier molecular flexibility index (Phi) is 18.7.